The molecule has 2 unspecified atom stereocenters. The molecule has 4 rings (SSSR count). The Morgan fingerprint density at radius 1 is 1.20 bits per heavy atom. The molecule has 30 heavy (non-hydrogen) atoms. The Kier molecular flexibility index (Phi) is 5.48. The fraction of sp³-hybridized carbons (Fsp3) is 0.273. The van der Waals surface area contributed by atoms with Gasteiger partial charge in [-0.1, -0.05) is 29.5 Å². The van der Waals surface area contributed by atoms with Crippen LogP contribution in [0.2, 0.25) is 0 Å². The van der Waals surface area contributed by atoms with Crippen molar-refractivity contribution in [3.8, 4) is 6.07 Å². The molecule has 7 nitrogen and oxygen atoms in total. The lowest BCUT2D eigenvalue weighted by atomic mass is 10.0. The first-order chi connectivity index (χ1) is 14.5. The van der Waals surface area contributed by atoms with E-state index >= 15 is 0 Å². The van der Waals surface area contributed by atoms with Crippen molar-refractivity contribution >= 4 is 38.4 Å². The number of benzene rings is 2. The van der Waals surface area contributed by atoms with E-state index in [1.165, 1.54) is 11.3 Å². The largest absolute Gasteiger partial charge is 0.375 e. The number of hydrogen-bond acceptors (Lipinski definition) is 7. The first-order valence-electron chi connectivity index (χ1n) is 9.68. The quantitative estimate of drug-likeness (QED) is 0.652. The van der Waals surface area contributed by atoms with Crippen LogP contribution in [-0.2, 0) is 0 Å². The van der Waals surface area contributed by atoms with Crippen LogP contribution < -0.4 is 5.73 Å². The first-order valence-corrected chi connectivity index (χ1v) is 10.5. The Balaban J connectivity index is 1.50. The summed E-state index contributed by atoms with van der Waals surface area (Å²) in [6, 6.07) is 15.5. The molecule has 1 aliphatic rings. The lowest BCUT2D eigenvalue weighted by Crippen LogP contribution is -2.58. The van der Waals surface area contributed by atoms with E-state index in [9.17, 15) is 14.9 Å². The minimum atomic E-state index is -0.914. The van der Waals surface area contributed by atoms with E-state index < -0.39 is 6.04 Å². The molecule has 152 valence electrons. The number of anilines is 1. The lowest BCUT2D eigenvalue weighted by molar-refractivity contribution is 0.0429. The predicted octanol–water partition coefficient (Wildman–Crippen LogP) is 2.80. The molecular weight excluding hydrogens is 398 g/mol. The van der Waals surface area contributed by atoms with Crippen molar-refractivity contribution in [2.75, 3.05) is 25.4 Å². The summed E-state index contributed by atoms with van der Waals surface area (Å²) in [5, 5.41) is 10.2. The van der Waals surface area contributed by atoms with E-state index in [-0.39, 0.29) is 17.7 Å². The zero-order valence-electron chi connectivity index (χ0n) is 16.5. The summed E-state index contributed by atoms with van der Waals surface area (Å²) in [5.41, 5.74) is 7.49. The number of thiazole rings is 1. The van der Waals surface area contributed by atoms with E-state index in [1.807, 2.05) is 36.1 Å². The van der Waals surface area contributed by atoms with Crippen molar-refractivity contribution in [2.45, 2.75) is 19.0 Å². The number of Topliss-reactive ketones (excluding diaryl/α,β-unsaturated/α-hetero) is 1. The fourth-order valence-corrected chi connectivity index (χ4v) is 4.56. The molecular formula is C22H21N5O2S. The summed E-state index contributed by atoms with van der Waals surface area (Å²) in [7, 11) is 0. The molecule has 2 aromatic carbocycles. The average molecular weight is 420 g/mol. The molecule has 0 bridgehead atoms. The number of piperazine rings is 1. The summed E-state index contributed by atoms with van der Waals surface area (Å²) in [5.74, 6) is -0.297. The first kappa shape index (κ1) is 20.0. The summed E-state index contributed by atoms with van der Waals surface area (Å²) in [4.78, 5) is 33.7. The number of hydrogen-bond donors (Lipinski definition) is 1. The molecule has 1 aliphatic heterocycles. The van der Waals surface area contributed by atoms with Crippen LogP contribution in [0.3, 0.4) is 0 Å². The Morgan fingerprint density at radius 3 is 2.67 bits per heavy atom. The van der Waals surface area contributed by atoms with Gasteiger partial charge in [0.2, 0.25) is 0 Å². The molecule has 2 heterocycles. The van der Waals surface area contributed by atoms with Gasteiger partial charge in [0.25, 0.3) is 5.91 Å². The van der Waals surface area contributed by atoms with Crippen LogP contribution in [-0.4, -0.2) is 58.2 Å². The summed E-state index contributed by atoms with van der Waals surface area (Å²) in [6.45, 7) is 3.31. The second kappa shape index (κ2) is 8.22. The van der Waals surface area contributed by atoms with Crippen LogP contribution in [0.4, 0.5) is 5.13 Å². The number of amides is 1. The molecule has 1 aromatic heterocycles. The molecule has 2 N–H and O–H groups in total. The average Bonchev–Trinajstić information content (AvgIpc) is 3.14. The number of rotatable bonds is 4. The highest BCUT2D eigenvalue weighted by Crippen LogP contribution is 2.26. The van der Waals surface area contributed by atoms with Gasteiger partial charge in [-0.05, 0) is 37.3 Å². The molecule has 0 saturated carbocycles. The van der Waals surface area contributed by atoms with Crippen LogP contribution in [0.15, 0.2) is 48.5 Å². The number of nitrogens with zero attached hydrogens (tertiary/aromatic N) is 4. The lowest BCUT2D eigenvalue weighted by Gasteiger charge is -2.41. The molecule has 3 aromatic rings. The minimum absolute atomic E-state index is 0.0338. The topological polar surface area (TPSA) is 103 Å². The van der Waals surface area contributed by atoms with Gasteiger partial charge in [-0.25, -0.2) is 4.98 Å². The summed E-state index contributed by atoms with van der Waals surface area (Å²) in [6.07, 6.45) is 0. The number of nitrogen functional groups attached to an aromatic ring is 1. The van der Waals surface area contributed by atoms with Gasteiger partial charge in [0.15, 0.2) is 17.0 Å². The molecule has 2 atom stereocenters. The van der Waals surface area contributed by atoms with Crippen molar-refractivity contribution in [1.82, 2.24) is 14.8 Å². The van der Waals surface area contributed by atoms with Crippen molar-refractivity contribution in [2.24, 2.45) is 0 Å². The van der Waals surface area contributed by atoms with Crippen LogP contribution >= 0.6 is 11.3 Å². The van der Waals surface area contributed by atoms with Crippen LogP contribution in [0, 0.1) is 11.3 Å². The van der Waals surface area contributed by atoms with E-state index in [2.05, 4.69) is 11.1 Å². The molecule has 8 heteroatoms. The van der Waals surface area contributed by atoms with E-state index in [4.69, 9.17) is 5.73 Å². The van der Waals surface area contributed by atoms with Gasteiger partial charge in [-0.3, -0.25) is 14.5 Å². The maximum atomic E-state index is 13.1. The maximum absolute atomic E-state index is 13.1. The van der Waals surface area contributed by atoms with Gasteiger partial charge in [0.05, 0.1) is 16.3 Å². The van der Waals surface area contributed by atoms with Gasteiger partial charge in [0.1, 0.15) is 0 Å². The molecule has 0 radical (unpaired) electrons. The number of ketones is 1. The third-order valence-corrected chi connectivity index (χ3v) is 6.24. The highest BCUT2D eigenvalue weighted by molar-refractivity contribution is 7.22. The van der Waals surface area contributed by atoms with E-state index in [1.54, 1.807) is 29.2 Å². The van der Waals surface area contributed by atoms with Crippen LogP contribution in [0.5, 0.6) is 0 Å². The monoisotopic (exact) mass is 419 g/mol. The summed E-state index contributed by atoms with van der Waals surface area (Å²) < 4.78 is 0.902. The highest BCUT2D eigenvalue weighted by Gasteiger charge is 2.35. The number of nitriles is 1. The maximum Gasteiger partial charge on any atom is 0.253 e. The van der Waals surface area contributed by atoms with Gasteiger partial charge in [-0.15, -0.1) is 0 Å². The van der Waals surface area contributed by atoms with Crippen molar-refractivity contribution in [3.05, 3.63) is 59.7 Å². The fourth-order valence-electron chi connectivity index (χ4n) is 3.84. The minimum Gasteiger partial charge on any atom is -0.375 e. The van der Waals surface area contributed by atoms with Crippen LogP contribution in [0.25, 0.3) is 10.2 Å². The van der Waals surface area contributed by atoms with E-state index in [0.717, 1.165) is 4.70 Å². The number of carbonyl (C=O) groups excluding carboxylic acids is 2. The number of fused-ring (bicyclic) bond motifs is 1. The number of aromatic nitrogens is 1. The second-order valence-corrected chi connectivity index (χ2v) is 8.40. The van der Waals surface area contributed by atoms with Crippen molar-refractivity contribution < 1.29 is 9.59 Å². The number of nitrogens with two attached hydrogens (primary N) is 1. The molecule has 1 fully saturated rings. The SMILES string of the molecule is CC1CN(C(=O)c2ccccc2)CCN1C(C#N)C(=O)c1ccc2sc(N)nc2c1. The van der Waals surface area contributed by atoms with Gasteiger partial charge in [0, 0.05) is 36.8 Å². The molecule has 0 spiro atoms. The van der Waals surface area contributed by atoms with Crippen molar-refractivity contribution in [1.29, 1.82) is 5.26 Å². The third-order valence-electron chi connectivity index (χ3n) is 5.38. The Hall–Kier alpha value is -3.28. The Morgan fingerprint density at radius 2 is 1.97 bits per heavy atom. The molecule has 1 amide bonds. The smallest absolute Gasteiger partial charge is 0.253 e. The number of carbonyl (C=O) groups is 2. The normalized spacial score (nSPS) is 18.1. The van der Waals surface area contributed by atoms with Crippen molar-refractivity contribution in [3.63, 3.8) is 0 Å². The zero-order chi connectivity index (χ0) is 21.3. The summed E-state index contributed by atoms with van der Waals surface area (Å²) >= 11 is 1.36. The zero-order valence-corrected chi connectivity index (χ0v) is 17.3. The highest BCUT2D eigenvalue weighted by atomic mass is 32.1. The molecule has 0 aliphatic carbocycles. The van der Waals surface area contributed by atoms with Gasteiger partial charge in [-0.2, -0.15) is 5.26 Å². The van der Waals surface area contributed by atoms with Crippen LogP contribution in [0.1, 0.15) is 27.6 Å². The van der Waals surface area contributed by atoms with E-state index in [0.29, 0.717) is 41.4 Å². The van der Waals surface area contributed by atoms with Gasteiger partial charge >= 0.3 is 0 Å². The predicted molar refractivity (Wildman–Crippen MR) is 116 cm³/mol. The third kappa shape index (κ3) is 3.77. The molecule has 1 saturated heterocycles. The Labute approximate surface area is 178 Å². The standard InChI is InChI=1S/C22H21N5O2S/c1-14-13-26(21(29)15-5-3-2-4-6-15)9-10-27(14)18(12-23)20(28)16-7-8-19-17(11-16)25-22(24)30-19/h2-8,11,14,18H,9-10,13H2,1H3,(H2,24,25). The second-order valence-electron chi connectivity index (χ2n) is 7.33. The Bertz CT molecular complexity index is 1140. The van der Waals surface area contributed by atoms with Gasteiger partial charge < -0.3 is 10.6 Å².